The lowest BCUT2D eigenvalue weighted by atomic mass is 9.82. The first-order valence-corrected chi connectivity index (χ1v) is 8.72. The summed E-state index contributed by atoms with van der Waals surface area (Å²) in [6.07, 6.45) is 10.8. The van der Waals surface area contributed by atoms with Gasteiger partial charge in [-0.1, -0.05) is 31.4 Å². The molecule has 0 aromatic rings. The van der Waals surface area contributed by atoms with E-state index in [4.69, 9.17) is 0 Å². The number of piperidine rings is 1. The van der Waals surface area contributed by atoms with Gasteiger partial charge in [0.05, 0.1) is 0 Å². The average molecular weight is 278 g/mol. The maximum Gasteiger partial charge on any atom is 0.0165 e. The molecule has 1 N–H and O–H groups in total. The first kappa shape index (κ1) is 16.0. The number of hydrogen-bond donors (Lipinski definition) is 1. The highest BCUT2D eigenvalue weighted by Crippen LogP contribution is 2.28. The van der Waals surface area contributed by atoms with Crippen molar-refractivity contribution in [1.29, 1.82) is 0 Å². The Morgan fingerprint density at radius 1 is 1.15 bits per heavy atom. The van der Waals surface area contributed by atoms with Gasteiger partial charge in [0, 0.05) is 12.6 Å². The molecule has 0 radical (unpaired) electrons. The van der Waals surface area contributed by atoms with E-state index in [2.05, 4.69) is 37.1 Å². The lowest BCUT2D eigenvalue weighted by Crippen LogP contribution is -2.44. The van der Waals surface area contributed by atoms with Gasteiger partial charge in [-0.15, -0.1) is 0 Å². The third-order valence-corrected chi connectivity index (χ3v) is 5.09. The summed E-state index contributed by atoms with van der Waals surface area (Å²) in [5, 5.41) is 3.86. The molecule has 2 fully saturated rings. The molecule has 2 heteroatoms. The molecule has 0 amide bonds. The Hall–Kier alpha value is -0.340. The van der Waals surface area contributed by atoms with E-state index in [1.165, 1.54) is 63.7 Å². The summed E-state index contributed by atoms with van der Waals surface area (Å²) in [6.45, 7) is 11.8. The molecule has 2 nitrogen and oxygen atoms in total. The minimum atomic E-state index is 0.773. The Morgan fingerprint density at radius 3 is 2.55 bits per heavy atom. The molecular formula is C18H34N2. The number of nitrogens with zero attached hydrogens (tertiary/aromatic N) is 1. The third kappa shape index (κ3) is 5.57. The van der Waals surface area contributed by atoms with Crippen molar-refractivity contribution < 1.29 is 0 Å². The van der Waals surface area contributed by atoms with E-state index in [0.29, 0.717) is 0 Å². The zero-order valence-corrected chi connectivity index (χ0v) is 13.8. The Labute approximate surface area is 126 Å². The molecule has 0 aromatic heterocycles. The minimum Gasteiger partial charge on any atom is -0.314 e. The third-order valence-electron chi connectivity index (χ3n) is 5.09. The predicted octanol–water partition coefficient (Wildman–Crippen LogP) is 3.83. The summed E-state index contributed by atoms with van der Waals surface area (Å²) >= 11 is 0. The Morgan fingerprint density at radius 2 is 1.90 bits per heavy atom. The number of rotatable bonds is 5. The van der Waals surface area contributed by atoms with E-state index >= 15 is 0 Å². The van der Waals surface area contributed by atoms with Crippen LogP contribution < -0.4 is 5.32 Å². The van der Waals surface area contributed by atoms with E-state index in [1.807, 2.05) is 0 Å². The zero-order chi connectivity index (χ0) is 14.4. The van der Waals surface area contributed by atoms with Gasteiger partial charge in [-0.05, 0) is 71.0 Å². The van der Waals surface area contributed by atoms with Gasteiger partial charge < -0.3 is 5.32 Å². The van der Waals surface area contributed by atoms with Crippen LogP contribution in [0.25, 0.3) is 0 Å². The van der Waals surface area contributed by atoms with E-state index in [-0.39, 0.29) is 0 Å². The van der Waals surface area contributed by atoms with Crippen LogP contribution in [0, 0.1) is 11.8 Å². The molecule has 20 heavy (non-hydrogen) atoms. The van der Waals surface area contributed by atoms with Crippen LogP contribution >= 0.6 is 0 Å². The van der Waals surface area contributed by atoms with Crippen molar-refractivity contribution in [2.75, 3.05) is 26.2 Å². The van der Waals surface area contributed by atoms with Gasteiger partial charge in [0.15, 0.2) is 0 Å². The predicted molar refractivity (Wildman–Crippen MR) is 88.0 cm³/mol. The fourth-order valence-electron chi connectivity index (χ4n) is 3.71. The quantitative estimate of drug-likeness (QED) is 0.769. The largest absolute Gasteiger partial charge is 0.314 e. The fraction of sp³-hybridized carbons (Fsp3) is 0.889. The zero-order valence-electron chi connectivity index (χ0n) is 13.8. The summed E-state index contributed by atoms with van der Waals surface area (Å²) in [5.74, 6) is 1.91. The molecule has 1 aliphatic carbocycles. The molecule has 116 valence electrons. The normalized spacial score (nSPS) is 29.4. The van der Waals surface area contributed by atoms with Crippen LogP contribution in [0.4, 0.5) is 0 Å². The molecule has 2 rings (SSSR count). The smallest absolute Gasteiger partial charge is 0.0165 e. The monoisotopic (exact) mass is 278 g/mol. The number of hydrogen-bond acceptors (Lipinski definition) is 2. The maximum atomic E-state index is 3.86. The number of likely N-dealkylation sites (tertiary alicyclic amines) is 1. The fourth-order valence-corrected chi connectivity index (χ4v) is 3.71. The average Bonchev–Trinajstić information content (AvgIpc) is 2.44. The van der Waals surface area contributed by atoms with E-state index in [9.17, 15) is 0 Å². The summed E-state index contributed by atoms with van der Waals surface area (Å²) < 4.78 is 0. The van der Waals surface area contributed by atoms with Gasteiger partial charge in [-0.25, -0.2) is 0 Å². The van der Waals surface area contributed by atoms with E-state index in [1.54, 1.807) is 0 Å². The van der Waals surface area contributed by atoms with Gasteiger partial charge >= 0.3 is 0 Å². The molecule has 2 atom stereocenters. The van der Waals surface area contributed by atoms with Gasteiger partial charge in [0.25, 0.3) is 0 Å². The van der Waals surface area contributed by atoms with Crippen LogP contribution in [0.5, 0.6) is 0 Å². The van der Waals surface area contributed by atoms with Gasteiger partial charge in [-0.3, -0.25) is 4.90 Å². The van der Waals surface area contributed by atoms with Crippen molar-refractivity contribution >= 4 is 0 Å². The van der Waals surface area contributed by atoms with E-state index in [0.717, 1.165) is 24.4 Å². The molecule has 2 unspecified atom stereocenters. The molecule has 1 saturated heterocycles. The molecular weight excluding hydrogens is 244 g/mol. The topological polar surface area (TPSA) is 15.3 Å². The van der Waals surface area contributed by atoms with E-state index < -0.39 is 0 Å². The second-order valence-electron chi connectivity index (χ2n) is 7.40. The van der Waals surface area contributed by atoms with Gasteiger partial charge in [0.1, 0.15) is 0 Å². The van der Waals surface area contributed by atoms with Crippen LogP contribution in [-0.4, -0.2) is 37.1 Å². The van der Waals surface area contributed by atoms with Crippen molar-refractivity contribution in [2.24, 2.45) is 11.8 Å². The lowest BCUT2D eigenvalue weighted by molar-refractivity contribution is 0.201. The van der Waals surface area contributed by atoms with Gasteiger partial charge in [0.2, 0.25) is 0 Å². The molecule has 0 aromatic carbocycles. The highest BCUT2D eigenvalue weighted by molar-refractivity contribution is 4.95. The van der Waals surface area contributed by atoms with Gasteiger partial charge in [-0.2, -0.15) is 0 Å². The van der Waals surface area contributed by atoms with Crippen LogP contribution in [0.2, 0.25) is 0 Å². The lowest BCUT2D eigenvalue weighted by Gasteiger charge is -2.34. The summed E-state index contributed by atoms with van der Waals surface area (Å²) in [4.78, 5) is 2.59. The first-order chi connectivity index (χ1) is 9.63. The molecule has 1 heterocycles. The first-order valence-electron chi connectivity index (χ1n) is 8.72. The van der Waals surface area contributed by atoms with Crippen LogP contribution in [0.1, 0.15) is 59.3 Å². The molecule has 1 aliphatic heterocycles. The summed E-state index contributed by atoms with van der Waals surface area (Å²) in [5.41, 5.74) is 1.44. The van der Waals surface area contributed by atoms with Crippen LogP contribution in [0.15, 0.2) is 11.6 Å². The summed E-state index contributed by atoms with van der Waals surface area (Å²) in [7, 11) is 0. The maximum absolute atomic E-state index is 3.86. The molecule has 1 saturated carbocycles. The van der Waals surface area contributed by atoms with Crippen LogP contribution in [0.3, 0.4) is 0 Å². The van der Waals surface area contributed by atoms with Crippen LogP contribution in [-0.2, 0) is 0 Å². The minimum absolute atomic E-state index is 0.773. The SMILES string of the molecule is CC(C)=CCN1CCC(NCC2CCCC(C)C2)CC1. The highest BCUT2D eigenvalue weighted by atomic mass is 15.1. The molecule has 0 bridgehead atoms. The Bertz CT molecular complexity index is 299. The highest BCUT2D eigenvalue weighted by Gasteiger charge is 2.22. The van der Waals surface area contributed by atoms with Crippen molar-refractivity contribution in [3.63, 3.8) is 0 Å². The standard InChI is InChI=1S/C18H34N2/c1-15(2)7-10-20-11-8-18(9-12-20)19-14-17-6-4-5-16(3)13-17/h7,16-19H,4-6,8-14H2,1-3H3. The summed E-state index contributed by atoms with van der Waals surface area (Å²) in [6, 6.07) is 0.773. The molecule has 0 spiro atoms. The van der Waals surface area contributed by atoms with Crippen molar-refractivity contribution in [3.05, 3.63) is 11.6 Å². The molecule has 2 aliphatic rings. The van der Waals surface area contributed by atoms with Crippen molar-refractivity contribution in [3.8, 4) is 0 Å². The van der Waals surface area contributed by atoms with Crippen molar-refractivity contribution in [1.82, 2.24) is 10.2 Å². The van der Waals surface area contributed by atoms with Crippen molar-refractivity contribution in [2.45, 2.75) is 65.3 Å². The second kappa shape index (κ2) is 8.19. The Kier molecular flexibility index (Phi) is 6.57. The second-order valence-corrected chi connectivity index (χ2v) is 7.40. The number of allylic oxidation sites excluding steroid dienone is 1. The number of nitrogens with one attached hydrogen (secondary N) is 1. The Balaban J connectivity index is 1.61.